The molecule has 3 saturated heterocycles. The number of hydrogen-bond donors (Lipinski definition) is 2. The monoisotopic (exact) mass is 732 g/mol. The molecule has 54 heavy (non-hydrogen) atoms. The van der Waals surface area contributed by atoms with Crippen LogP contribution in [0.5, 0.6) is 5.75 Å². The molecule has 4 aromatic rings. The van der Waals surface area contributed by atoms with E-state index in [0.29, 0.717) is 47.8 Å². The van der Waals surface area contributed by atoms with Crippen molar-refractivity contribution in [1.82, 2.24) is 19.8 Å². The van der Waals surface area contributed by atoms with E-state index >= 15 is 0 Å². The van der Waals surface area contributed by atoms with Crippen molar-refractivity contribution in [2.45, 2.75) is 56.7 Å². The standard InChI is InChI=1S/C42H49FN8O3/c1-3-42(52)47-35-25-36(39(53-2)26-38(35)50-16-13-34(14-17-50)49-20-18-48(19-21-49)33-11-12-33)46-40-27-41(45-28-44-40)51-37(15-22-54-51)31-6-4-5-30(24-31)23-29-7-9-32(43)10-8-29/h3-10,24-28,33-34,37H,1,11-23H2,2H3,(H,47,52)(H,44,45,46)/t37-/m1/s1. The third-order valence-electron chi connectivity index (χ3n) is 11.2. The lowest BCUT2D eigenvalue weighted by atomic mass is 9.98. The van der Waals surface area contributed by atoms with Crippen molar-refractivity contribution in [2.24, 2.45) is 0 Å². The smallest absolute Gasteiger partial charge is 0.247 e. The third-order valence-corrected chi connectivity index (χ3v) is 11.2. The Balaban J connectivity index is 0.976. The minimum absolute atomic E-state index is 0.0491. The highest BCUT2D eigenvalue weighted by Gasteiger charge is 2.34. The van der Waals surface area contributed by atoms with E-state index in [1.165, 1.54) is 50.5 Å². The van der Waals surface area contributed by atoms with Crippen LogP contribution in [0.1, 0.15) is 54.8 Å². The minimum atomic E-state index is -0.279. The van der Waals surface area contributed by atoms with Gasteiger partial charge in [-0.25, -0.2) is 19.4 Å². The van der Waals surface area contributed by atoms with Gasteiger partial charge in [-0.2, -0.15) is 0 Å². The van der Waals surface area contributed by atoms with E-state index in [1.807, 2.05) is 35.4 Å². The normalized spacial score (nSPS) is 19.9. The summed E-state index contributed by atoms with van der Waals surface area (Å²) in [6, 6.07) is 22.2. The highest BCUT2D eigenvalue weighted by molar-refractivity contribution is 6.02. The van der Waals surface area contributed by atoms with Gasteiger partial charge in [-0.05, 0) is 73.1 Å². The molecule has 11 nitrogen and oxygen atoms in total. The first-order chi connectivity index (χ1) is 26.4. The molecule has 3 aromatic carbocycles. The molecule has 0 radical (unpaired) electrons. The van der Waals surface area contributed by atoms with Crippen molar-refractivity contribution >= 4 is 34.6 Å². The van der Waals surface area contributed by atoms with E-state index in [-0.39, 0.29) is 17.8 Å². The summed E-state index contributed by atoms with van der Waals surface area (Å²) in [6.07, 6.45) is 9.18. The number of rotatable bonds is 12. The number of hydroxylamine groups is 1. The van der Waals surface area contributed by atoms with Crippen LogP contribution in [0.3, 0.4) is 0 Å². The number of anilines is 5. The molecule has 282 valence electrons. The number of piperidine rings is 1. The quantitative estimate of drug-likeness (QED) is 0.153. The topological polar surface area (TPSA) is 98.3 Å². The number of amides is 1. The van der Waals surface area contributed by atoms with Gasteiger partial charge in [-0.1, -0.05) is 43.0 Å². The van der Waals surface area contributed by atoms with Crippen LogP contribution in [-0.2, 0) is 16.1 Å². The number of methoxy groups -OCH3 is 1. The van der Waals surface area contributed by atoms with Crippen LogP contribution in [0.4, 0.5) is 33.1 Å². The van der Waals surface area contributed by atoms with Crippen LogP contribution in [0, 0.1) is 5.82 Å². The number of aromatic nitrogens is 2. The molecular formula is C42H49FN8O3. The number of carbonyl (C=O) groups is 1. The summed E-state index contributed by atoms with van der Waals surface area (Å²) in [5.41, 5.74) is 5.55. The van der Waals surface area contributed by atoms with Crippen molar-refractivity contribution < 1.29 is 18.8 Å². The van der Waals surface area contributed by atoms with Crippen molar-refractivity contribution in [3.63, 3.8) is 0 Å². The highest BCUT2D eigenvalue weighted by Crippen LogP contribution is 2.41. The molecule has 1 aliphatic carbocycles. The number of carbonyl (C=O) groups excluding carboxylic acids is 1. The Morgan fingerprint density at radius 1 is 0.889 bits per heavy atom. The average molecular weight is 733 g/mol. The zero-order valence-electron chi connectivity index (χ0n) is 30.9. The van der Waals surface area contributed by atoms with E-state index in [4.69, 9.17) is 9.57 Å². The predicted octanol–water partition coefficient (Wildman–Crippen LogP) is 6.72. The minimum Gasteiger partial charge on any atom is -0.494 e. The fourth-order valence-corrected chi connectivity index (χ4v) is 8.18. The van der Waals surface area contributed by atoms with Gasteiger partial charge in [0.2, 0.25) is 5.91 Å². The number of hydrogen-bond acceptors (Lipinski definition) is 10. The molecule has 1 atom stereocenters. The fraction of sp³-hybridized carbons (Fsp3) is 0.405. The maximum Gasteiger partial charge on any atom is 0.247 e. The molecule has 3 aliphatic heterocycles. The Labute approximate surface area is 316 Å². The van der Waals surface area contributed by atoms with E-state index in [9.17, 15) is 9.18 Å². The van der Waals surface area contributed by atoms with Crippen LogP contribution in [-0.4, -0.2) is 90.7 Å². The summed E-state index contributed by atoms with van der Waals surface area (Å²) in [5, 5.41) is 8.31. The largest absolute Gasteiger partial charge is 0.494 e. The van der Waals surface area contributed by atoms with E-state index in [1.54, 1.807) is 7.11 Å². The zero-order valence-corrected chi connectivity index (χ0v) is 30.9. The summed E-state index contributed by atoms with van der Waals surface area (Å²) < 4.78 is 19.4. The molecule has 2 N–H and O–H groups in total. The summed E-state index contributed by atoms with van der Waals surface area (Å²) >= 11 is 0. The number of piperazine rings is 1. The third kappa shape index (κ3) is 8.20. The van der Waals surface area contributed by atoms with Gasteiger partial charge in [0.05, 0.1) is 36.8 Å². The van der Waals surface area contributed by atoms with Gasteiger partial charge in [0.25, 0.3) is 0 Å². The van der Waals surface area contributed by atoms with Gasteiger partial charge in [-0.15, -0.1) is 0 Å². The Kier molecular flexibility index (Phi) is 10.7. The van der Waals surface area contributed by atoms with Gasteiger partial charge < -0.3 is 20.3 Å². The second-order valence-electron chi connectivity index (χ2n) is 14.7. The molecule has 8 rings (SSSR count). The van der Waals surface area contributed by atoms with Crippen LogP contribution >= 0.6 is 0 Å². The predicted molar refractivity (Wildman–Crippen MR) is 210 cm³/mol. The molecule has 1 aromatic heterocycles. The van der Waals surface area contributed by atoms with Gasteiger partial charge in [-0.3, -0.25) is 19.4 Å². The SMILES string of the molecule is C=CC(=O)Nc1cc(Nc2cc(N3OCC[C@@H]3c3cccc(Cc4ccc(F)cc4)c3)ncn2)c(OC)cc1N1CCC(N2CCN(C3CC3)CC2)CC1. The lowest BCUT2D eigenvalue weighted by molar-refractivity contribution is -0.111. The number of benzene rings is 3. The molecule has 0 spiro atoms. The Morgan fingerprint density at radius 2 is 1.63 bits per heavy atom. The summed E-state index contributed by atoms with van der Waals surface area (Å²) in [7, 11) is 1.65. The Morgan fingerprint density at radius 3 is 2.33 bits per heavy atom. The van der Waals surface area contributed by atoms with E-state index in [2.05, 4.69) is 66.1 Å². The summed E-state index contributed by atoms with van der Waals surface area (Å²) in [6.45, 7) is 10.7. The van der Waals surface area contributed by atoms with Crippen LogP contribution < -0.4 is 25.3 Å². The molecule has 0 unspecified atom stereocenters. The van der Waals surface area contributed by atoms with Gasteiger partial charge in [0.1, 0.15) is 23.7 Å². The van der Waals surface area contributed by atoms with Crippen LogP contribution in [0.15, 0.2) is 85.7 Å². The summed E-state index contributed by atoms with van der Waals surface area (Å²) in [5.74, 6) is 1.28. The molecule has 12 heteroatoms. The lowest BCUT2D eigenvalue weighted by Gasteiger charge is -2.43. The second kappa shape index (κ2) is 16.1. The number of ether oxygens (including phenoxy) is 1. The maximum atomic E-state index is 13.5. The molecule has 4 aliphatic rings. The first-order valence-electron chi connectivity index (χ1n) is 19.2. The average Bonchev–Trinajstić information content (AvgIpc) is 3.94. The van der Waals surface area contributed by atoms with Crippen molar-refractivity contribution in [2.75, 3.05) is 73.6 Å². The Hall–Kier alpha value is -5.04. The molecule has 0 bridgehead atoms. The van der Waals surface area contributed by atoms with Crippen molar-refractivity contribution in [3.05, 3.63) is 108 Å². The zero-order chi connectivity index (χ0) is 37.0. The number of nitrogens with one attached hydrogen (secondary N) is 2. The van der Waals surface area contributed by atoms with Crippen molar-refractivity contribution in [3.8, 4) is 5.75 Å². The van der Waals surface area contributed by atoms with Crippen LogP contribution in [0.2, 0.25) is 0 Å². The summed E-state index contributed by atoms with van der Waals surface area (Å²) in [4.78, 5) is 35.6. The van der Waals surface area contributed by atoms with Crippen molar-refractivity contribution in [1.29, 1.82) is 0 Å². The first-order valence-corrected chi connectivity index (χ1v) is 19.2. The van der Waals surface area contributed by atoms with E-state index < -0.39 is 0 Å². The molecule has 1 amide bonds. The number of nitrogens with zero attached hydrogens (tertiary/aromatic N) is 6. The van der Waals surface area contributed by atoms with E-state index in [0.717, 1.165) is 73.9 Å². The lowest BCUT2D eigenvalue weighted by Crippen LogP contribution is -2.53. The molecule has 4 fully saturated rings. The van der Waals surface area contributed by atoms with Gasteiger partial charge in [0, 0.05) is 69.9 Å². The molecule has 1 saturated carbocycles. The number of halogens is 1. The fourth-order valence-electron chi connectivity index (χ4n) is 8.18. The first kappa shape index (κ1) is 36.0. The van der Waals surface area contributed by atoms with Crippen LogP contribution in [0.25, 0.3) is 0 Å². The molecular weight excluding hydrogens is 684 g/mol. The Bertz CT molecular complexity index is 1940. The maximum absolute atomic E-state index is 13.5. The van der Waals surface area contributed by atoms with Gasteiger partial charge >= 0.3 is 0 Å². The second-order valence-corrected chi connectivity index (χ2v) is 14.7. The molecule has 4 heterocycles. The highest BCUT2D eigenvalue weighted by atomic mass is 19.1. The van der Waals surface area contributed by atoms with Gasteiger partial charge in [0.15, 0.2) is 5.82 Å².